The Balaban J connectivity index is 2.33. The van der Waals surface area contributed by atoms with Crippen molar-refractivity contribution in [3.05, 3.63) is 35.9 Å². The Bertz CT molecular complexity index is 462. The summed E-state index contributed by atoms with van der Waals surface area (Å²) in [7, 11) is 0. The minimum Gasteiger partial charge on any atom is -0.368 e. The largest absolute Gasteiger partial charge is 0.368 e. The molecule has 0 radical (unpaired) electrons. The van der Waals surface area contributed by atoms with E-state index in [0.29, 0.717) is 12.6 Å². The van der Waals surface area contributed by atoms with E-state index in [-0.39, 0.29) is 5.91 Å². The lowest BCUT2D eigenvalue weighted by atomic mass is 9.87. The number of rotatable bonds is 7. The van der Waals surface area contributed by atoms with E-state index in [1.165, 1.54) is 12.8 Å². The molecule has 2 unspecified atom stereocenters. The third-order valence-corrected chi connectivity index (χ3v) is 4.49. The SMILES string of the molecule is CCCNC(CN1CCCC1C)(C(N)=O)c1ccccc1. The number of nitrogens with one attached hydrogen (secondary N) is 1. The Kier molecular flexibility index (Phi) is 5.37. The monoisotopic (exact) mass is 289 g/mol. The molecule has 1 aromatic rings. The third-order valence-electron chi connectivity index (χ3n) is 4.49. The number of nitrogens with zero attached hydrogens (tertiary/aromatic N) is 1. The van der Waals surface area contributed by atoms with Gasteiger partial charge in [-0.3, -0.25) is 15.0 Å². The van der Waals surface area contributed by atoms with E-state index < -0.39 is 5.54 Å². The maximum atomic E-state index is 12.4. The van der Waals surface area contributed by atoms with Crippen LogP contribution in [0.15, 0.2) is 30.3 Å². The van der Waals surface area contributed by atoms with Gasteiger partial charge in [0.25, 0.3) is 0 Å². The highest BCUT2D eigenvalue weighted by Crippen LogP contribution is 2.27. The van der Waals surface area contributed by atoms with Gasteiger partial charge in [-0.2, -0.15) is 0 Å². The number of nitrogens with two attached hydrogens (primary N) is 1. The summed E-state index contributed by atoms with van der Waals surface area (Å²) >= 11 is 0. The molecule has 0 aliphatic carbocycles. The number of primary amides is 1. The fraction of sp³-hybridized carbons (Fsp3) is 0.588. The van der Waals surface area contributed by atoms with E-state index in [4.69, 9.17) is 5.73 Å². The molecule has 116 valence electrons. The van der Waals surface area contributed by atoms with Gasteiger partial charge in [0.05, 0.1) is 0 Å². The van der Waals surface area contributed by atoms with Crippen molar-refractivity contribution in [2.45, 2.75) is 44.7 Å². The summed E-state index contributed by atoms with van der Waals surface area (Å²) in [5, 5.41) is 3.43. The second kappa shape index (κ2) is 7.05. The highest BCUT2D eigenvalue weighted by Gasteiger charge is 2.41. The van der Waals surface area contributed by atoms with Crippen LogP contribution in [-0.2, 0) is 10.3 Å². The van der Waals surface area contributed by atoms with Crippen LogP contribution in [0.3, 0.4) is 0 Å². The van der Waals surface area contributed by atoms with Crippen LogP contribution in [0.2, 0.25) is 0 Å². The van der Waals surface area contributed by atoms with Crippen molar-refractivity contribution in [1.82, 2.24) is 10.2 Å². The Morgan fingerprint density at radius 1 is 1.43 bits per heavy atom. The smallest absolute Gasteiger partial charge is 0.243 e. The van der Waals surface area contributed by atoms with Crippen molar-refractivity contribution in [2.75, 3.05) is 19.6 Å². The van der Waals surface area contributed by atoms with Crippen LogP contribution in [0.1, 0.15) is 38.7 Å². The average molecular weight is 289 g/mol. The number of amides is 1. The Labute approximate surface area is 127 Å². The second-order valence-corrected chi connectivity index (χ2v) is 6.02. The molecular formula is C17H27N3O. The van der Waals surface area contributed by atoms with Crippen LogP contribution < -0.4 is 11.1 Å². The number of hydrogen-bond acceptors (Lipinski definition) is 3. The molecule has 1 heterocycles. The van der Waals surface area contributed by atoms with Gasteiger partial charge < -0.3 is 5.73 Å². The van der Waals surface area contributed by atoms with Gasteiger partial charge in [0.15, 0.2) is 0 Å². The highest BCUT2D eigenvalue weighted by atomic mass is 16.1. The van der Waals surface area contributed by atoms with E-state index in [1.54, 1.807) is 0 Å². The second-order valence-electron chi connectivity index (χ2n) is 6.02. The summed E-state index contributed by atoms with van der Waals surface area (Å²) < 4.78 is 0. The van der Waals surface area contributed by atoms with E-state index in [9.17, 15) is 4.79 Å². The maximum Gasteiger partial charge on any atom is 0.243 e. The van der Waals surface area contributed by atoms with E-state index in [1.807, 2.05) is 30.3 Å². The number of hydrogen-bond donors (Lipinski definition) is 2. The predicted octanol–water partition coefficient (Wildman–Crippen LogP) is 1.85. The Morgan fingerprint density at radius 2 is 2.14 bits per heavy atom. The van der Waals surface area contributed by atoms with Crippen LogP contribution in [0, 0.1) is 0 Å². The molecule has 1 aromatic carbocycles. The molecule has 0 aromatic heterocycles. The minimum absolute atomic E-state index is 0.291. The topological polar surface area (TPSA) is 58.4 Å². The lowest BCUT2D eigenvalue weighted by Crippen LogP contribution is -2.59. The predicted molar refractivity (Wildman–Crippen MR) is 85.9 cm³/mol. The molecule has 0 bridgehead atoms. The molecule has 2 rings (SSSR count). The van der Waals surface area contributed by atoms with Crippen molar-refractivity contribution in [1.29, 1.82) is 0 Å². The van der Waals surface area contributed by atoms with Crippen molar-refractivity contribution < 1.29 is 4.79 Å². The van der Waals surface area contributed by atoms with Gasteiger partial charge in [0.1, 0.15) is 5.54 Å². The Morgan fingerprint density at radius 3 is 2.67 bits per heavy atom. The molecule has 21 heavy (non-hydrogen) atoms. The number of likely N-dealkylation sites (tertiary alicyclic amines) is 1. The molecule has 1 aliphatic rings. The molecule has 1 aliphatic heterocycles. The quantitative estimate of drug-likeness (QED) is 0.805. The molecule has 2 atom stereocenters. The van der Waals surface area contributed by atoms with Crippen molar-refractivity contribution >= 4 is 5.91 Å². The summed E-state index contributed by atoms with van der Waals surface area (Å²) in [6.07, 6.45) is 3.35. The van der Waals surface area contributed by atoms with Crippen molar-refractivity contribution in [3.8, 4) is 0 Å². The van der Waals surface area contributed by atoms with Gasteiger partial charge in [-0.05, 0) is 44.8 Å². The van der Waals surface area contributed by atoms with Crippen molar-refractivity contribution in [2.24, 2.45) is 5.73 Å². The van der Waals surface area contributed by atoms with Gasteiger partial charge >= 0.3 is 0 Å². The molecule has 0 saturated carbocycles. The minimum atomic E-state index is -0.796. The van der Waals surface area contributed by atoms with Gasteiger partial charge in [-0.15, -0.1) is 0 Å². The first-order valence-electron chi connectivity index (χ1n) is 7.94. The molecule has 4 heteroatoms. The standard InChI is InChI=1S/C17H27N3O/c1-3-11-19-17(16(18)21,15-9-5-4-6-10-15)13-20-12-7-8-14(20)2/h4-6,9-10,14,19H,3,7-8,11-13H2,1-2H3,(H2,18,21). The van der Waals surface area contributed by atoms with Gasteiger partial charge in [-0.25, -0.2) is 0 Å². The average Bonchev–Trinajstić information content (AvgIpc) is 2.89. The number of benzene rings is 1. The first-order valence-corrected chi connectivity index (χ1v) is 7.94. The first-order chi connectivity index (χ1) is 10.1. The summed E-state index contributed by atoms with van der Waals surface area (Å²) in [6, 6.07) is 10.4. The zero-order chi connectivity index (χ0) is 15.3. The van der Waals surface area contributed by atoms with Crippen LogP contribution in [0.25, 0.3) is 0 Å². The summed E-state index contributed by atoms with van der Waals surface area (Å²) in [6.45, 7) is 6.79. The van der Waals surface area contributed by atoms with E-state index in [2.05, 4.69) is 24.1 Å². The van der Waals surface area contributed by atoms with Crippen molar-refractivity contribution in [3.63, 3.8) is 0 Å². The van der Waals surface area contributed by atoms with Crippen LogP contribution in [-0.4, -0.2) is 36.5 Å². The zero-order valence-electron chi connectivity index (χ0n) is 13.1. The molecule has 1 saturated heterocycles. The van der Waals surface area contributed by atoms with E-state index >= 15 is 0 Å². The highest BCUT2D eigenvalue weighted by molar-refractivity contribution is 5.86. The fourth-order valence-electron chi connectivity index (χ4n) is 3.15. The normalized spacial score (nSPS) is 22.1. The fourth-order valence-corrected chi connectivity index (χ4v) is 3.15. The zero-order valence-corrected chi connectivity index (χ0v) is 13.1. The number of carbonyl (C=O) groups is 1. The van der Waals surface area contributed by atoms with Crippen LogP contribution >= 0.6 is 0 Å². The van der Waals surface area contributed by atoms with Gasteiger partial charge in [0.2, 0.25) is 5.91 Å². The first kappa shape index (κ1) is 16.0. The summed E-state index contributed by atoms with van der Waals surface area (Å²) in [4.78, 5) is 14.7. The maximum absolute atomic E-state index is 12.4. The molecule has 0 spiro atoms. The van der Waals surface area contributed by atoms with Gasteiger partial charge in [-0.1, -0.05) is 37.3 Å². The van der Waals surface area contributed by atoms with Crippen LogP contribution in [0.4, 0.5) is 0 Å². The Hall–Kier alpha value is -1.39. The molecular weight excluding hydrogens is 262 g/mol. The molecule has 3 N–H and O–H groups in total. The molecule has 4 nitrogen and oxygen atoms in total. The lowest BCUT2D eigenvalue weighted by Gasteiger charge is -2.37. The molecule has 1 amide bonds. The molecule has 1 fully saturated rings. The van der Waals surface area contributed by atoms with Crippen LogP contribution in [0.5, 0.6) is 0 Å². The van der Waals surface area contributed by atoms with E-state index in [0.717, 1.165) is 25.1 Å². The summed E-state index contributed by atoms with van der Waals surface area (Å²) in [5.41, 5.74) is 6.01. The third kappa shape index (κ3) is 3.44. The summed E-state index contributed by atoms with van der Waals surface area (Å²) in [5.74, 6) is -0.291. The number of carbonyl (C=O) groups excluding carboxylic acids is 1. The van der Waals surface area contributed by atoms with Gasteiger partial charge in [0, 0.05) is 12.6 Å². The lowest BCUT2D eigenvalue weighted by molar-refractivity contribution is -0.125.